The molecule has 0 heterocycles. The highest BCUT2D eigenvalue weighted by Gasteiger charge is 2.39. The smallest absolute Gasteiger partial charge is 0.0713 e. The second kappa shape index (κ2) is 4.33. The molecule has 1 aromatic carbocycles. The minimum atomic E-state index is -0.336. The van der Waals surface area contributed by atoms with Crippen molar-refractivity contribution < 1.29 is 9.84 Å². The van der Waals surface area contributed by atoms with E-state index in [4.69, 9.17) is 4.74 Å². The van der Waals surface area contributed by atoms with Crippen LogP contribution in [0.15, 0.2) is 24.3 Å². The Morgan fingerprint density at radius 1 is 1.33 bits per heavy atom. The van der Waals surface area contributed by atoms with E-state index in [1.165, 1.54) is 11.1 Å². The van der Waals surface area contributed by atoms with Crippen LogP contribution < -0.4 is 0 Å². The van der Waals surface area contributed by atoms with Crippen molar-refractivity contribution in [1.29, 1.82) is 0 Å². The number of hydrogen-bond donors (Lipinski definition) is 1. The number of aryl methyl sites for hydroxylation is 1. The van der Waals surface area contributed by atoms with Gasteiger partial charge in [0.2, 0.25) is 0 Å². The van der Waals surface area contributed by atoms with Gasteiger partial charge in [-0.1, -0.05) is 24.3 Å². The maximum Gasteiger partial charge on any atom is 0.0713 e. The third kappa shape index (κ3) is 3.05. The SMILES string of the molecule is COCc1cccc(CCC2(O)CC2)c1. The van der Waals surface area contributed by atoms with E-state index in [1.807, 2.05) is 0 Å². The van der Waals surface area contributed by atoms with Crippen molar-refractivity contribution >= 4 is 0 Å². The zero-order valence-electron chi connectivity index (χ0n) is 9.20. The molecular formula is C13H18O2. The van der Waals surface area contributed by atoms with Gasteiger partial charge in [-0.2, -0.15) is 0 Å². The molecule has 1 aromatic rings. The number of methoxy groups -OCH3 is 1. The van der Waals surface area contributed by atoms with Crippen LogP contribution in [-0.4, -0.2) is 17.8 Å². The Morgan fingerprint density at radius 2 is 2.07 bits per heavy atom. The van der Waals surface area contributed by atoms with Crippen LogP contribution in [0.2, 0.25) is 0 Å². The molecule has 1 aliphatic rings. The molecule has 1 saturated carbocycles. The van der Waals surface area contributed by atoms with E-state index in [2.05, 4.69) is 24.3 Å². The molecular weight excluding hydrogens is 188 g/mol. The van der Waals surface area contributed by atoms with Crippen LogP contribution in [0.25, 0.3) is 0 Å². The van der Waals surface area contributed by atoms with E-state index in [0.29, 0.717) is 6.61 Å². The van der Waals surface area contributed by atoms with Gasteiger partial charge in [0, 0.05) is 7.11 Å². The van der Waals surface area contributed by atoms with Gasteiger partial charge in [-0.15, -0.1) is 0 Å². The van der Waals surface area contributed by atoms with E-state index < -0.39 is 0 Å². The average molecular weight is 206 g/mol. The molecule has 0 spiro atoms. The standard InChI is InChI=1S/C13H18O2/c1-15-10-12-4-2-3-11(9-12)5-6-13(14)7-8-13/h2-4,9,14H,5-8,10H2,1H3. The van der Waals surface area contributed by atoms with Crippen LogP contribution in [0.3, 0.4) is 0 Å². The Morgan fingerprint density at radius 3 is 2.73 bits per heavy atom. The number of rotatable bonds is 5. The number of aliphatic hydroxyl groups is 1. The van der Waals surface area contributed by atoms with Gasteiger partial charge in [-0.25, -0.2) is 0 Å². The molecule has 1 N–H and O–H groups in total. The van der Waals surface area contributed by atoms with Crippen molar-refractivity contribution in [2.24, 2.45) is 0 Å². The maximum absolute atomic E-state index is 9.74. The molecule has 0 radical (unpaired) electrons. The summed E-state index contributed by atoms with van der Waals surface area (Å²) in [5.74, 6) is 0. The van der Waals surface area contributed by atoms with Crippen molar-refractivity contribution in [1.82, 2.24) is 0 Å². The first-order valence-corrected chi connectivity index (χ1v) is 5.51. The van der Waals surface area contributed by atoms with Crippen LogP contribution in [0.1, 0.15) is 30.4 Å². The number of benzene rings is 1. The van der Waals surface area contributed by atoms with Crippen molar-refractivity contribution in [3.8, 4) is 0 Å². The second-order valence-electron chi connectivity index (χ2n) is 4.48. The molecule has 0 atom stereocenters. The summed E-state index contributed by atoms with van der Waals surface area (Å²) in [4.78, 5) is 0. The molecule has 0 aromatic heterocycles. The quantitative estimate of drug-likeness (QED) is 0.801. The van der Waals surface area contributed by atoms with Gasteiger partial charge < -0.3 is 9.84 Å². The average Bonchev–Trinajstić information content (AvgIpc) is 2.96. The Bertz CT molecular complexity index is 329. The van der Waals surface area contributed by atoms with Crippen LogP contribution >= 0.6 is 0 Å². The number of hydrogen-bond acceptors (Lipinski definition) is 2. The molecule has 0 aliphatic heterocycles. The molecule has 0 saturated heterocycles. The molecule has 2 heteroatoms. The lowest BCUT2D eigenvalue weighted by molar-refractivity contribution is 0.140. The summed E-state index contributed by atoms with van der Waals surface area (Å²) in [6.45, 7) is 0.665. The Balaban J connectivity index is 1.92. The van der Waals surface area contributed by atoms with E-state index in [-0.39, 0.29) is 5.60 Å². The molecule has 0 amide bonds. The van der Waals surface area contributed by atoms with Gasteiger partial charge in [-0.3, -0.25) is 0 Å². The fourth-order valence-corrected chi connectivity index (χ4v) is 1.81. The van der Waals surface area contributed by atoms with Crippen molar-refractivity contribution in [3.05, 3.63) is 35.4 Å². The Kier molecular flexibility index (Phi) is 3.08. The first kappa shape index (κ1) is 10.7. The molecule has 1 fully saturated rings. The fourth-order valence-electron chi connectivity index (χ4n) is 1.81. The van der Waals surface area contributed by atoms with Crippen molar-refractivity contribution in [3.63, 3.8) is 0 Å². The van der Waals surface area contributed by atoms with Crippen LogP contribution in [-0.2, 0) is 17.8 Å². The highest BCUT2D eigenvalue weighted by Crippen LogP contribution is 2.39. The van der Waals surface area contributed by atoms with Gasteiger partial charge in [0.15, 0.2) is 0 Å². The lowest BCUT2D eigenvalue weighted by Gasteiger charge is -2.08. The lowest BCUT2D eigenvalue weighted by Crippen LogP contribution is -2.07. The Hall–Kier alpha value is -0.860. The number of ether oxygens (including phenoxy) is 1. The van der Waals surface area contributed by atoms with Gasteiger partial charge >= 0.3 is 0 Å². The first-order valence-electron chi connectivity index (χ1n) is 5.51. The Labute approximate surface area is 90.9 Å². The monoisotopic (exact) mass is 206 g/mol. The molecule has 15 heavy (non-hydrogen) atoms. The van der Waals surface area contributed by atoms with E-state index in [0.717, 1.165) is 25.7 Å². The van der Waals surface area contributed by atoms with Crippen molar-refractivity contribution in [2.45, 2.75) is 37.9 Å². The summed E-state index contributed by atoms with van der Waals surface area (Å²) in [6.07, 6.45) is 3.81. The van der Waals surface area contributed by atoms with Crippen LogP contribution in [0.4, 0.5) is 0 Å². The van der Waals surface area contributed by atoms with E-state index in [9.17, 15) is 5.11 Å². The summed E-state index contributed by atoms with van der Waals surface area (Å²) in [5, 5.41) is 9.74. The summed E-state index contributed by atoms with van der Waals surface area (Å²) in [7, 11) is 1.71. The van der Waals surface area contributed by atoms with Crippen molar-refractivity contribution in [2.75, 3.05) is 7.11 Å². The minimum absolute atomic E-state index is 0.336. The summed E-state index contributed by atoms with van der Waals surface area (Å²) < 4.78 is 5.09. The maximum atomic E-state index is 9.74. The molecule has 2 nitrogen and oxygen atoms in total. The molecule has 0 bridgehead atoms. The highest BCUT2D eigenvalue weighted by molar-refractivity contribution is 5.23. The largest absolute Gasteiger partial charge is 0.390 e. The molecule has 0 unspecified atom stereocenters. The topological polar surface area (TPSA) is 29.5 Å². The van der Waals surface area contributed by atoms with Gasteiger partial charge in [0.25, 0.3) is 0 Å². The van der Waals surface area contributed by atoms with Gasteiger partial charge in [0.1, 0.15) is 0 Å². The minimum Gasteiger partial charge on any atom is -0.390 e. The second-order valence-corrected chi connectivity index (χ2v) is 4.48. The zero-order chi connectivity index (χ0) is 10.7. The third-order valence-corrected chi connectivity index (χ3v) is 3.01. The predicted octanol–water partition coefficient (Wildman–Crippen LogP) is 2.29. The lowest BCUT2D eigenvalue weighted by atomic mass is 10.0. The third-order valence-electron chi connectivity index (χ3n) is 3.01. The summed E-state index contributed by atoms with van der Waals surface area (Å²) in [5.41, 5.74) is 2.17. The van der Waals surface area contributed by atoms with Crippen LogP contribution in [0, 0.1) is 0 Å². The predicted molar refractivity (Wildman–Crippen MR) is 59.7 cm³/mol. The first-order chi connectivity index (χ1) is 7.22. The summed E-state index contributed by atoms with van der Waals surface area (Å²) in [6, 6.07) is 8.40. The summed E-state index contributed by atoms with van der Waals surface area (Å²) >= 11 is 0. The van der Waals surface area contributed by atoms with E-state index in [1.54, 1.807) is 7.11 Å². The highest BCUT2D eigenvalue weighted by atomic mass is 16.5. The molecule has 1 aliphatic carbocycles. The fraction of sp³-hybridized carbons (Fsp3) is 0.538. The van der Waals surface area contributed by atoms with Gasteiger partial charge in [-0.05, 0) is 36.8 Å². The zero-order valence-corrected chi connectivity index (χ0v) is 9.20. The van der Waals surface area contributed by atoms with Gasteiger partial charge in [0.05, 0.1) is 12.2 Å². The normalized spacial score (nSPS) is 17.7. The van der Waals surface area contributed by atoms with Crippen LogP contribution in [0.5, 0.6) is 0 Å². The molecule has 2 rings (SSSR count). The van der Waals surface area contributed by atoms with E-state index >= 15 is 0 Å². The molecule has 82 valence electrons.